The van der Waals surface area contributed by atoms with Crippen LogP contribution in [-0.4, -0.2) is 16.2 Å². The SMILES string of the molecule is CC(C)c1onc(-c2c(Cl)cccc2Cl)c1COc1ccc(-c2ccc3c(=O)cc(C(=O)O)oc3c2)cc1. The smallest absolute Gasteiger partial charge is 0.371 e. The molecular weight excluding hydrogens is 529 g/mol. The Bertz CT molecular complexity index is 1700. The van der Waals surface area contributed by atoms with Crippen molar-refractivity contribution in [2.45, 2.75) is 26.4 Å². The number of ether oxygens (including phenoxy) is 1. The molecule has 0 unspecified atom stereocenters. The number of hydrogen-bond donors (Lipinski definition) is 1. The predicted molar refractivity (Wildman–Crippen MR) is 145 cm³/mol. The molecule has 0 saturated carbocycles. The monoisotopic (exact) mass is 549 g/mol. The molecule has 0 saturated heterocycles. The molecule has 0 aliphatic rings. The second-order valence-electron chi connectivity index (χ2n) is 8.93. The molecule has 192 valence electrons. The third kappa shape index (κ3) is 4.90. The fraction of sp³-hybridized carbons (Fsp3) is 0.138. The van der Waals surface area contributed by atoms with Crippen LogP contribution in [0.4, 0.5) is 0 Å². The van der Waals surface area contributed by atoms with Crippen LogP contribution in [0, 0.1) is 0 Å². The van der Waals surface area contributed by atoms with E-state index in [9.17, 15) is 14.7 Å². The second-order valence-corrected chi connectivity index (χ2v) is 9.74. The lowest BCUT2D eigenvalue weighted by Gasteiger charge is -2.11. The molecule has 0 aliphatic carbocycles. The molecule has 0 radical (unpaired) electrons. The van der Waals surface area contributed by atoms with Crippen molar-refractivity contribution < 1.29 is 23.6 Å². The summed E-state index contributed by atoms with van der Waals surface area (Å²) in [6.07, 6.45) is 0. The Kier molecular flexibility index (Phi) is 6.97. The normalized spacial score (nSPS) is 11.3. The van der Waals surface area contributed by atoms with E-state index in [0.717, 1.165) is 22.8 Å². The van der Waals surface area contributed by atoms with Gasteiger partial charge < -0.3 is 18.8 Å². The van der Waals surface area contributed by atoms with Crippen molar-refractivity contribution >= 4 is 40.1 Å². The Morgan fingerprint density at radius 3 is 2.34 bits per heavy atom. The van der Waals surface area contributed by atoms with Gasteiger partial charge in [0.25, 0.3) is 0 Å². The van der Waals surface area contributed by atoms with E-state index in [-0.39, 0.29) is 18.1 Å². The predicted octanol–water partition coefficient (Wildman–Crippen LogP) is 7.82. The number of fused-ring (bicyclic) bond motifs is 1. The fourth-order valence-electron chi connectivity index (χ4n) is 4.17. The fourth-order valence-corrected chi connectivity index (χ4v) is 4.75. The highest BCUT2D eigenvalue weighted by atomic mass is 35.5. The summed E-state index contributed by atoms with van der Waals surface area (Å²) in [7, 11) is 0. The van der Waals surface area contributed by atoms with Crippen molar-refractivity contribution in [1.82, 2.24) is 5.16 Å². The number of aromatic carboxylic acids is 1. The van der Waals surface area contributed by atoms with Crippen LogP contribution in [0.3, 0.4) is 0 Å². The Morgan fingerprint density at radius 2 is 1.68 bits per heavy atom. The summed E-state index contributed by atoms with van der Waals surface area (Å²) < 4.78 is 17.1. The Balaban J connectivity index is 1.41. The van der Waals surface area contributed by atoms with E-state index in [2.05, 4.69) is 5.16 Å². The lowest BCUT2D eigenvalue weighted by atomic mass is 10.0. The van der Waals surface area contributed by atoms with Gasteiger partial charge in [-0.1, -0.05) is 66.5 Å². The van der Waals surface area contributed by atoms with Gasteiger partial charge in [-0.25, -0.2) is 4.79 Å². The van der Waals surface area contributed by atoms with Gasteiger partial charge in [-0.3, -0.25) is 4.79 Å². The van der Waals surface area contributed by atoms with Crippen molar-refractivity contribution in [2.24, 2.45) is 0 Å². The highest BCUT2D eigenvalue weighted by Crippen LogP contribution is 2.39. The van der Waals surface area contributed by atoms with Gasteiger partial charge in [0.2, 0.25) is 5.76 Å². The van der Waals surface area contributed by atoms with Crippen molar-refractivity contribution in [3.8, 4) is 28.1 Å². The second kappa shape index (κ2) is 10.4. The highest BCUT2D eigenvalue weighted by Gasteiger charge is 2.24. The minimum atomic E-state index is -1.30. The first-order chi connectivity index (χ1) is 18.2. The van der Waals surface area contributed by atoms with Crippen molar-refractivity contribution in [2.75, 3.05) is 0 Å². The number of aromatic nitrogens is 1. The maximum Gasteiger partial charge on any atom is 0.371 e. The number of nitrogens with zero attached hydrogens (tertiary/aromatic N) is 1. The Labute approximate surface area is 227 Å². The molecule has 9 heteroatoms. The minimum absolute atomic E-state index is 0.0630. The Hall–Kier alpha value is -4.07. The highest BCUT2D eigenvalue weighted by molar-refractivity contribution is 6.39. The first kappa shape index (κ1) is 25.6. The van der Waals surface area contributed by atoms with Crippen LogP contribution in [0.2, 0.25) is 10.0 Å². The van der Waals surface area contributed by atoms with E-state index in [1.54, 1.807) is 36.4 Å². The quantitative estimate of drug-likeness (QED) is 0.220. The Morgan fingerprint density at radius 1 is 1.00 bits per heavy atom. The molecule has 5 aromatic rings. The zero-order chi connectivity index (χ0) is 27.0. The van der Waals surface area contributed by atoms with Gasteiger partial charge in [0.05, 0.1) is 21.0 Å². The van der Waals surface area contributed by atoms with Crippen LogP contribution in [0.25, 0.3) is 33.4 Å². The van der Waals surface area contributed by atoms with Gasteiger partial charge in [-0.2, -0.15) is 0 Å². The molecule has 0 bridgehead atoms. The standard InChI is InChI=1S/C29H21Cl2NO6/c1-15(2)28-20(27(32-38-28)26-21(30)4-3-5-22(26)31)14-36-18-9-6-16(7-10-18)17-8-11-19-23(33)13-25(29(34)35)37-24(19)12-17/h3-13,15H,14H2,1-2H3,(H,34,35). The molecule has 2 aromatic heterocycles. The van der Waals surface area contributed by atoms with Crippen LogP contribution >= 0.6 is 23.2 Å². The van der Waals surface area contributed by atoms with Crippen LogP contribution in [0.15, 0.2) is 80.5 Å². The maximum atomic E-state index is 12.2. The van der Waals surface area contributed by atoms with Crippen molar-refractivity contribution in [1.29, 1.82) is 0 Å². The van der Waals surface area contributed by atoms with E-state index < -0.39 is 17.2 Å². The summed E-state index contributed by atoms with van der Waals surface area (Å²) in [6, 6.07) is 18.6. The number of carboxylic acids is 1. The summed E-state index contributed by atoms with van der Waals surface area (Å²) in [5.41, 5.74) is 3.27. The zero-order valence-electron chi connectivity index (χ0n) is 20.3. The van der Waals surface area contributed by atoms with Crippen LogP contribution in [0.5, 0.6) is 5.75 Å². The molecule has 0 fully saturated rings. The summed E-state index contributed by atoms with van der Waals surface area (Å²) in [6.45, 7) is 4.19. The van der Waals surface area contributed by atoms with Crippen LogP contribution < -0.4 is 10.2 Å². The summed E-state index contributed by atoms with van der Waals surface area (Å²) in [5, 5.41) is 14.7. The first-order valence-electron chi connectivity index (χ1n) is 11.7. The van der Waals surface area contributed by atoms with Gasteiger partial charge in [-0.05, 0) is 47.5 Å². The first-order valence-corrected chi connectivity index (χ1v) is 12.5. The van der Waals surface area contributed by atoms with E-state index in [1.807, 2.05) is 38.1 Å². The molecule has 0 aliphatic heterocycles. The molecule has 0 amide bonds. The lowest BCUT2D eigenvalue weighted by Crippen LogP contribution is -2.06. The molecular formula is C29H21Cl2NO6. The number of carbonyl (C=O) groups is 1. The molecule has 38 heavy (non-hydrogen) atoms. The summed E-state index contributed by atoms with van der Waals surface area (Å²) >= 11 is 12.9. The summed E-state index contributed by atoms with van der Waals surface area (Å²) in [5.74, 6) is -0.347. The maximum absolute atomic E-state index is 12.2. The minimum Gasteiger partial charge on any atom is -0.489 e. The lowest BCUT2D eigenvalue weighted by molar-refractivity contribution is 0.0663. The molecule has 7 nitrogen and oxygen atoms in total. The van der Waals surface area contributed by atoms with E-state index >= 15 is 0 Å². The third-order valence-electron chi connectivity index (χ3n) is 6.05. The average molecular weight is 550 g/mol. The number of halogens is 2. The molecule has 3 aromatic carbocycles. The summed E-state index contributed by atoms with van der Waals surface area (Å²) in [4.78, 5) is 23.5. The van der Waals surface area contributed by atoms with Gasteiger partial charge in [0, 0.05) is 17.5 Å². The van der Waals surface area contributed by atoms with Crippen LogP contribution in [0.1, 0.15) is 41.6 Å². The number of benzene rings is 3. The zero-order valence-corrected chi connectivity index (χ0v) is 21.8. The van der Waals surface area contributed by atoms with E-state index in [1.165, 1.54) is 0 Å². The van der Waals surface area contributed by atoms with Crippen molar-refractivity contribution in [3.63, 3.8) is 0 Å². The topological polar surface area (TPSA) is 103 Å². The van der Waals surface area contributed by atoms with E-state index in [0.29, 0.717) is 38.2 Å². The van der Waals surface area contributed by atoms with Gasteiger partial charge >= 0.3 is 5.97 Å². The van der Waals surface area contributed by atoms with Gasteiger partial charge in [0.15, 0.2) is 5.43 Å². The molecule has 0 atom stereocenters. The molecule has 1 N–H and O–H groups in total. The van der Waals surface area contributed by atoms with Crippen LogP contribution in [-0.2, 0) is 6.61 Å². The third-order valence-corrected chi connectivity index (χ3v) is 6.68. The average Bonchev–Trinajstić information content (AvgIpc) is 3.31. The van der Waals surface area contributed by atoms with Gasteiger partial charge in [-0.15, -0.1) is 0 Å². The van der Waals surface area contributed by atoms with E-state index in [4.69, 9.17) is 36.9 Å². The number of rotatable bonds is 7. The number of carboxylic acid groups (broad SMARTS) is 1. The molecule has 0 spiro atoms. The number of hydrogen-bond acceptors (Lipinski definition) is 6. The largest absolute Gasteiger partial charge is 0.489 e. The van der Waals surface area contributed by atoms with Crippen molar-refractivity contribution in [3.05, 3.63) is 104 Å². The van der Waals surface area contributed by atoms with Gasteiger partial charge in [0.1, 0.15) is 29.4 Å². The molecule has 2 heterocycles. The molecule has 5 rings (SSSR count).